The molecule has 67 heavy (non-hydrogen) atoms. The Labute approximate surface area is 387 Å². The summed E-state index contributed by atoms with van der Waals surface area (Å²) < 4.78 is 26.0. The molecule has 22 nitrogen and oxygen atoms in total. The molecule has 3 amide bonds. The molecular formula is C45H56N10O12. The lowest BCUT2D eigenvalue weighted by molar-refractivity contribution is -0.138. The fourth-order valence-corrected chi connectivity index (χ4v) is 6.12. The topological polar surface area (TPSA) is 346 Å². The summed E-state index contributed by atoms with van der Waals surface area (Å²) in [5.74, 6) is 9.02. The number of nitrogens with two attached hydrogens (primary N) is 3. The number of amides is 3. The molecule has 0 saturated carbocycles. The first-order valence-electron chi connectivity index (χ1n) is 20.3. The Balaban J connectivity index is 0.000000338. The van der Waals surface area contributed by atoms with E-state index in [-0.39, 0.29) is 85.0 Å². The fraction of sp³-hybridized carbons (Fsp3) is 0.378. The summed E-state index contributed by atoms with van der Waals surface area (Å²) in [6.07, 6.45) is 0.474. The molecule has 2 saturated heterocycles. The van der Waals surface area contributed by atoms with E-state index in [2.05, 4.69) is 43.6 Å². The van der Waals surface area contributed by atoms with Crippen LogP contribution in [-0.4, -0.2) is 161 Å². The number of anilines is 2. The minimum absolute atomic E-state index is 0. The maximum atomic E-state index is 12.4. The molecule has 4 aromatic rings. The Morgan fingerprint density at radius 2 is 1.13 bits per heavy atom. The maximum absolute atomic E-state index is 12.4. The Morgan fingerprint density at radius 1 is 0.716 bits per heavy atom. The number of nitrogens with zero attached hydrogens (tertiary/aromatic N) is 6. The molecular weight excluding hydrogens is 873 g/mol. The summed E-state index contributed by atoms with van der Waals surface area (Å²) in [5.41, 5.74) is 15.7. The van der Waals surface area contributed by atoms with Crippen molar-refractivity contribution in [3.05, 3.63) is 71.0 Å². The highest BCUT2D eigenvalue weighted by atomic mass is 16.5. The van der Waals surface area contributed by atoms with Crippen LogP contribution in [-0.2, 0) is 23.8 Å². The molecule has 0 bridgehead atoms. The molecule has 4 heterocycles. The third-order valence-electron chi connectivity index (χ3n) is 9.66. The molecule has 2 aromatic heterocycles. The summed E-state index contributed by atoms with van der Waals surface area (Å²) in [5, 5.41) is 28.0. The van der Waals surface area contributed by atoms with Crippen LogP contribution in [0.15, 0.2) is 48.5 Å². The van der Waals surface area contributed by atoms with Crippen molar-refractivity contribution in [1.82, 2.24) is 35.9 Å². The molecule has 0 unspecified atom stereocenters. The molecule has 2 aliphatic heterocycles. The second-order valence-corrected chi connectivity index (χ2v) is 14.3. The van der Waals surface area contributed by atoms with Gasteiger partial charge in [0.1, 0.15) is 24.6 Å². The lowest BCUT2D eigenvalue weighted by Crippen LogP contribution is -2.37. The van der Waals surface area contributed by atoms with Crippen LogP contribution >= 0.6 is 0 Å². The molecule has 2 atom stereocenters. The number of aromatic nitrogens is 4. The number of carbonyl (C=O) groups is 4. The van der Waals surface area contributed by atoms with Crippen molar-refractivity contribution in [3.63, 3.8) is 0 Å². The average molecular weight is 929 g/mol. The van der Waals surface area contributed by atoms with Gasteiger partial charge in [-0.15, -0.1) is 0 Å². The van der Waals surface area contributed by atoms with E-state index >= 15 is 0 Å². The number of methoxy groups -OCH3 is 2. The first-order chi connectivity index (χ1) is 31.5. The highest BCUT2D eigenvalue weighted by Gasteiger charge is 2.43. The van der Waals surface area contributed by atoms with Crippen LogP contribution in [0.4, 0.5) is 11.4 Å². The van der Waals surface area contributed by atoms with Gasteiger partial charge in [0.15, 0.2) is 23.0 Å². The molecule has 6 rings (SSSR count). The van der Waals surface area contributed by atoms with Gasteiger partial charge in [-0.05, 0) is 31.2 Å². The highest BCUT2D eigenvalue weighted by molar-refractivity contribution is 5.97. The minimum atomic E-state index is -1.71. The third-order valence-corrected chi connectivity index (χ3v) is 9.66. The number of ether oxygens (including phenoxy) is 5. The number of benzene rings is 2. The summed E-state index contributed by atoms with van der Waals surface area (Å²) in [7, 11) is 7.29. The zero-order valence-electron chi connectivity index (χ0n) is 38.1. The number of primary amides is 1. The monoisotopic (exact) mass is 928 g/mol. The van der Waals surface area contributed by atoms with Gasteiger partial charge in [0.05, 0.1) is 19.8 Å². The van der Waals surface area contributed by atoms with Crippen molar-refractivity contribution < 1.29 is 58.2 Å². The molecule has 358 valence electrons. The van der Waals surface area contributed by atoms with E-state index in [1.807, 2.05) is 0 Å². The number of carbonyl (C=O) groups excluding carboxylic acids is 4. The van der Waals surface area contributed by atoms with Crippen LogP contribution in [0.2, 0.25) is 0 Å². The smallest absolute Gasteiger partial charge is 0.359 e. The number of aliphatic hydroxyl groups is 3. The van der Waals surface area contributed by atoms with Crippen LogP contribution in [0.25, 0.3) is 22.8 Å². The first-order valence-corrected chi connectivity index (χ1v) is 20.3. The largest absolute Gasteiger partial charge is 0.474 e. The highest BCUT2D eigenvalue weighted by Crippen LogP contribution is 2.29. The zero-order valence-corrected chi connectivity index (χ0v) is 38.1. The van der Waals surface area contributed by atoms with Crippen LogP contribution in [0.5, 0.6) is 11.8 Å². The lowest BCUT2D eigenvalue weighted by atomic mass is 10.0. The summed E-state index contributed by atoms with van der Waals surface area (Å²) >= 11 is 0. The number of hydrogen-bond acceptors (Lipinski definition) is 19. The second-order valence-electron chi connectivity index (χ2n) is 14.3. The van der Waals surface area contributed by atoms with Crippen LogP contribution < -0.4 is 32.8 Å². The van der Waals surface area contributed by atoms with E-state index in [4.69, 9.17) is 46.0 Å². The fourth-order valence-electron chi connectivity index (χ4n) is 6.12. The normalized spacial score (nSPS) is 17.0. The number of likely N-dealkylation sites (N-methyl/N-ethyl adjacent to an activating group) is 2. The number of hydrogen-bond donors (Lipinski definition) is 7. The number of esters is 1. The molecule has 0 spiro atoms. The molecule has 0 aliphatic carbocycles. The van der Waals surface area contributed by atoms with Gasteiger partial charge in [0, 0.05) is 83.6 Å². The predicted octanol–water partition coefficient (Wildman–Crippen LogP) is 0.438. The van der Waals surface area contributed by atoms with Crippen LogP contribution in [0.3, 0.4) is 0 Å². The molecule has 0 radical (unpaired) electrons. The van der Waals surface area contributed by atoms with E-state index in [0.717, 1.165) is 7.11 Å². The molecule has 2 aromatic carbocycles. The number of aliphatic hydroxyl groups excluding tert-OH is 1. The van der Waals surface area contributed by atoms with Crippen molar-refractivity contribution >= 4 is 35.1 Å². The van der Waals surface area contributed by atoms with Gasteiger partial charge in [-0.3, -0.25) is 14.4 Å². The van der Waals surface area contributed by atoms with Gasteiger partial charge in [-0.1, -0.05) is 47.9 Å². The van der Waals surface area contributed by atoms with Crippen molar-refractivity contribution in [2.45, 2.75) is 31.0 Å². The number of rotatable bonds is 13. The third kappa shape index (κ3) is 13.6. The molecule has 2 fully saturated rings. The SMILES string of the molecule is CCOC(=O)c1nc(-c2cccc(C#C[C@]3(O)CCN(C)C3=O)c2)nc(OCCOC)c1N.CO.COCCOc1nc(-c2cccc(C#C[C@]3(O)CCN(C)C3=O)c2)nc(C(N)=O)c1N.N. The van der Waals surface area contributed by atoms with Gasteiger partial charge in [0.25, 0.3) is 17.7 Å². The van der Waals surface area contributed by atoms with Crippen LogP contribution in [0, 0.1) is 23.7 Å². The van der Waals surface area contributed by atoms with Gasteiger partial charge < -0.3 is 72.2 Å². The van der Waals surface area contributed by atoms with Gasteiger partial charge >= 0.3 is 5.97 Å². The van der Waals surface area contributed by atoms with E-state index < -0.39 is 34.9 Å². The van der Waals surface area contributed by atoms with Gasteiger partial charge in [-0.25, -0.2) is 14.8 Å². The second kappa shape index (κ2) is 24.7. The number of likely N-dealkylation sites (tertiary alicyclic amines) is 2. The van der Waals surface area contributed by atoms with Crippen molar-refractivity contribution in [2.75, 3.05) is 93.0 Å². The lowest BCUT2D eigenvalue weighted by Gasteiger charge is -2.13. The first kappa shape index (κ1) is 53.9. The quantitative estimate of drug-likeness (QED) is 0.0543. The minimum Gasteiger partial charge on any atom is -0.474 e. The summed E-state index contributed by atoms with van der Waals surface area (Å²) in [6.45, 7) is 3.64. The Kier molecular flexibility index (Phi) is 19.9. The standard InChI is InChI=1S/C23H26N4O6.C21H23N5O5.CH4O.H3N/c1-4-32-21(28)18-17(24)20(33-13-12-31-3)26-19(25-18)16-7-5-6-15(14-16)8-9-23(30)10-11-27(2)22(23)29;1-26-9-8-21(29,20(26)28)7-6-13-4-3-5-14(12-13)18-24-16(17(23)27)15(22)19(25-18)31-11-10-30-2;1-2;/h5-7,14,30H,4,10-13,24H2,1-3H3;3-5,12,29H,8-11,22H2,1-2H3,(H2,23,27);2H,1H3;1H3/t23-;21-;;/m00../s1. The zero-order chi connectivity index (χ0) is 48.6. The predicted molar refractivity (Wildman–Crippen MR) is 244 cm³/mol. The summed E-state index contributed by atoms with van der Waals surface area (Å²) in [6, 6.07) is 13.7. The van der Waals surface area contributed by atoms with Crippen molar-refractivity contribution in [3.8, 4) is 58.2 Å². The molecule has 22 heteroatoms. The van der Waals surface area contributed by atoms with E-state index in [1.54, 1.807) is 69.6 Å². The van der Waals surface area contributed by atoms with Gasteiger partial charge in [0.2, 0.25) is 23.0 Å². The van der Waals surface area contributed by atoms with Gasteiger partial charge in [-0.2, -0.15) is 9.97 Å². The van der Waals surface area contributed by atoms with Crippen molar-refractivity contribution in [2.24, 2.45) is 5.73 Å². The van der Waals surface area contributed by atoms with E-state index in [0.29, 0.717) is 48.6 Å². The maximum Gasteiger partial charge on any atom is 0.359 e. The molecule has 12 N–H and O–H groups in total. The molecule has 2 aliphatic rings. The number of nitrogen functional groups attached to an aromatic ring is 2. The van der Waals surface area contributed by atoms with Crippen LogP contribution in [0.1, 0.15) is 51.9 Å². The Hall–Kier alpha value is -7.44. The van der Waals surface area contributed by atoms with E-state index in [1.165, 1.54) is 24.0 Å². The summed E-state index contributed by atoms with van der Waals surface area (Å²) in [4.78, 5) is 68.4. The Bertz CT molecular complexity index is 2540. The average Bonchev–Trinajstić information content (AvgIpc) is 3.73. The Morgan fingerprint density at radius 3 is 1.51 bits per heavy atom. The van der Waals surface area contributed by atoms with E-state index in [9.17, 15) is 29.4 Å². The van der Waals surface area contributed by atoms with Crippen molar-refractivity contribution in [1.29, 1.82) is 0 Å².